The minimum absolute atomic E-state index is 0.358. The number of ether oxygens (including phenoxy) is 2. The Bertz CT molecular complexity index is 130. The molecule has 0 saturated carbocycles. The highest BCUT2D eigenvalue weighted by molar-refractivity contribution is 4.75. The molecule has 0 aromatic carbocycles. The van der Waals surface area contributed by atoms with E-state index in [1.54, 1.807) is 0 Å². The molecular formula is C9H19NO2. The van der Waals surface area contributed by atoms with Crippen molar-refractivity contribution < 1.29 is 9.47 Å². The molecule has 0 atom stereocenters. The molecule has 3 heteroatoms. The summed E-state index contributed by atoms with van der Waals surface area (Å²) in [5.74, 6) is 0.234. The molecule has 72 valence electrons. The van der Waals surface area contributed by atoms with E-state index in [1.165, 1.54) is 0 Å². The molecule has 2 N–H and O–H groups in total. The van der Waals surface area contributed by atoms with Gasteiger partial charge in [0.25, 0.3) is 0 Å². The zero-order valence-electron chi connectivity index (χ0n) is 8.01. The van der Waals surface area contributed by atoms with Gasteiger partial charge in [-0.2, -0.15) is 0 Å². The maximum atomic E-state index is 5.59. The lowest BCUT2D eigenvalue weighted by Gasteiger charge is -2.28. The van der Waals surface area contributed by atoms with E-state index in [1.807, 2.05) is 0 Å². The lowest BCUT2D eigenvalue weighted by atomic mass is 10.00. The Morgan fingerprint density at radius 3 is 2.33 bits per heavy atom. The molecular weight excluding hydrogens is 154 g/mol. The third-order valence-electron chi connectivity index (χ3n) is 2.06. The van der Waals surface area contributed by atoms with Gasteiger partial charge in [-0.3, -0.25) is 0 Å². The van der Waals surface area contributed by atoms with E-state index in [9.17, 15) is 0 Å². The zero-order chi connectivity index (χ0) is 9.03. The van der Waals surface area contributed by atoms with Crippen LogP contribution in [0.5, 0.6) is 0 Å². The predicted molar refractivity (Wildman–Crippen MR) is 47.8 cm³/mol. The summed E-state index contributed by atoms with van der Waals surface area (Å²) in [6.07, 6.45) is 1.76. The van der Waals surface area contributed by atoms with Crippen molar-refractivity contribution in [2.75, 3.05) is 19.8 Å². The van der Waals surface area contributed by atoms with Crippen LogP contribution in [0.4, 0.5) is 0 Å². The van der Waals surface area contributed by atoms with Crippen LogP contribution in [-0.4, -0.2) is 25.5 Å². The Morgan fingerprint density at radius 1 is 1.33 bits per heavy atom. The van der Waals surface area contributed by atoms with Gasteiger partial charge in [-0.25, -0.2) is 0 Å². The third kappa shape index (κ3) is 2.44. The molecule has 0 aliphatic carbocycles. The van der Waals surface area contributed by atoms with Crippen LogP contribution in [0.3, 0.4) is 0 Å². The first-order valence-corrected chi connectivity index (χ1v) is 4.66. The van der Waals surface area contributed by atoms with Gasteiger partial charge in [-0.15, -0.1) is 0 Å². The summed E-state index contributed by atoms with van der Waals surface area (Å²) in [7, 11) is 0. The van der Waals surface area contributed by atoms with Crippen molar-refractivity contribution in [1.82, 2.24) is 0 Å². The van der Waals surface area contributed by atoms with Crippen molar-refractivity contribution in [2.24, 2.45) is 11.7 Å². The molecule has 0 spiro atoms. The van der Waals surface area contributed by atoms with Gasteiger partial charge < -0.3 is 15.2 Å². The Kier molecular flexibility index (Phi) is 3.50. The standard InChI is InChI=1S/C9H19NO2/c1-8(2)7-9(3-4-10)11-5-6-12-9/h8H,3-7,10H2,1-2H3. The van der Waals surface area contributed by atoms with Crippen LogP contribution >= 0.6 is 0 Å². The summed E-state index contributed by atoms with van der Waals surface area (Å²) in [6.45, 7) is 6.40. The van der Waals surface area contributed by atoms with Gasteiger partial charge in [0.15, 0.2) is 5.79 Å². The molecule has 12 heavy (non-hydrogen) atoms. The van der Waals surface area contributed by atoms with Crippen molar-refractivity contribution >= 4 is 0 Å². The number of rotatable bonds is 4. The average Bonchev–Trinajstić information content (AvgIpc) is 2.36. The van der Waals surface area contributed by atoms with E-state index in [4.69, 9.17) is 15.2 Å². The van der Waals surface area contributed by atoms with Crippen LogP contribution in [0.1, 0.15) is 26.7 Å². The highest BCUT2D eigenvalue weighted by atomic mass is 16.7. The number of nitrogens with two attached hydrogens (primary N) is 1. The number of hydrogen-bond donors (Lipinski definition) is 1. The Hall–Kier alpha value is -0.120. The summed E-state index contributed by atoms with van der Waals surface area (Å²) in [6, 6.07) is 0. The fourth-order valence-corrected chi connectivity index (χ4v) is 1.70. The van der Waals surface area contributed by atoms with Gasteiger partial charge in [0.2, 0.25) is 0 Å². The zero-order valence-corrected chi connectivity index (χ0v) is 8.01. The van der Waals surface area contributed by atoms with Crippen molar-refractivity contribution in [1.29, 1.82) is 0 Å². The topological polar surface area (TPSA) is 44.5 Å². The van der Waals surface area contributed by atoms with Crippen molar-refractivity contribution in [3.8, 4) is 0 Å². The smallest absolute Gasteiger partial charge is 0.169 e. The van der Waals surface area contributed by atoms with Crippen LogP contribution in [0.15, 0.2) is 0 Å². The Labute approximate surface area is 74.2 Å². The van der Waals surface area contributed by atoms with Gasteiger partial charge in [0.1, 0.15) is 0 Å². The Balaban J connectivity index is 2.46. The molecule has 1 aliphatic rings. The lowest BCUT2D eigenvalue weighted by molar-refractivity contribution is -0.171. The summed E-state index contributed by atoms with van der Waals surface area (Å²) in [4.78, 5) is 0. The van der Waals surface area contributed by atoms with Crippen LogP contribution in [0.2, 0.25) is 0 Å². The molecule has 0 amide bonds. The summed E-state index contributed by atoms with van der Waals surface area (Å²) in [5.41, 5.74) is 5.51. The van der Waals surface area contributed by atoms with Gasteiger partial charge in [0, 0.05) is 12.8 Å². The van der Waals surface area contributed by atoms with Crippen molar-refractivity contribution in [2.45, 2.75) is 32.5 Å². The van der Waals surface area contributed by atoms with E-state index in [0.717, 1.165) is 12.8 Å². The second kappa shape index (κ2) is 4.21. The molecule has 0 aromatic heterocycles. The normalized spacial score (nSPS) is 22.0. The first-order chi connectivity index (χ1) is 5.68. The third-order valence-corrected chi connectivity index (χ3v) is 2.06. The molecule has 1 aliphatic heterocycles. The maximum Gasteiger partial charge on any atom is 0.169 e. The average molecular weight is 173 g/mol. The first kappa shape index (κ1) is 9.96. The largest absolute Gasteiger partial charge is 0.347 e. The molecule has 1 saturated heterocycles. The molecule has 3 nitrogen and oxygen atoms in total. The quantitative estimate of drug-likeness (QED) is 0.693. The van der Waals surface area contributed by atoms with Crippen LogP contribution in [0, 0.1) is 5.92 Å². The molecule has 0 aromatic rings. The summed E-state index contributed by atoms with van der Waals surface area (Å²) in [5, 5.41) is 0. The summed E-state index contributed by atoms with van der Waals surface area (Å²) < 4.78 is 11.2. The van der Waals surface area contributed by atoms with Crippen LogP contribution in [-0.2, 0) is 9.47 Å². The molecule has 0 unspecified atom stereocenters. The molecule has 1 fully saturated rings. The molecule has 1 heterocycles. The highest BCUT2D eigenvalue weighted by Crippen LogP contribution is 2.29. The number of hydrogen-bond acceptors (Lipinski definition) is 3. The SMILES string of the molecule is CC(C)CC1(CCN)OCCO1. The second-order valence-electron chi connectivity index (χ2n) is 3.74. The summed E-state index contributed by atoms with van der Waals surface area (Å²) >= 11 is 0. The molecule has 1 rings (SSSR count). The van der Waals surface area contributed by atoms with Gasteiger partial charge in [0.05, 0.1) is 13.2 Å². The Morgan fingerprint density at radius 2 is 1.92 bits per heavy atom. The van der Waals surface area contributed by atoms with Crippen LogP contribution < -0.4 is 5.73 Å². The van der Waals surface area contributed by atoms with E-state index in [0.29, 0.717) is 25.7 Å². The van der Waals surface area contributed by atoms with Crippen LogP contribution in [0.25, 0.3) is 0 Å². The van der Waals surface area contributed by atoms with Crippen molar-refractivity contribution in [3.05, 3.63) is 0 Å². The fourth-order valence-electron chi connectivity index (χ4n) is 1.70. The fraction of sp³-hybridized carbons (Fsp3) is 1.00. The molecule has 0 bridgehead atoms. The van der Waals surface area contributed by atoms with Gasteiger partial charge >= 0.3 is 0 Å². The monoisotopic (exact) mass is 173 g/mol. The second-order valence-corrected chi connectivity index (χ2v) is 3.74. The van der Waals surface area contributed by atoms with Gasteiger partial charge in [-0.05, 0) is 12.5 Å². The van der Waals surface area contributed by atoms with Crippen molar-refractivity contribution in [3.63, 3.8) is 0 Å². The highest BCUT2D eigenvalue weighted by Gasteiger charge is 2.35. The minimum Gasteiger partial charge on any atom is -0.347 e. The lowest BCUT2D eigenvalue weighted by Crippen LogP contribution is -2.34. The predicted octanol–water partition coefficient (Wildman–Crippen LogP) is 1.12. The molecule has 0 radical (unpaired) electrons. The van der Waals surface area contributed by atoms with E-state index < -0.39 is 0 Å². The first-order valence-electron chi connectivity index (χ1n) is 4.66. The van der Waals surface area contributed by atoms with E-state index >= 15 is 0 Å². The van der Waals surface area contributed by atoms with E-state index in [2.05, 4.69) is 13.8 Å². The van der Waals surface area contributed by atoms with Gasteiger partial charge in [-0.1, -0.05) is 13.8 Å². The van der Waals surface area contributed by atoms with E-state index in [-0.39, 0.29) is 5.79 Å². The maximum absolute atomic E-state index is 5.59. The minimum atomic E-state index is -0.358.